The van der Waals surface area contributed by atoms with Crippen LogP contribution in [0.25, 0.3) is 0 Å². The highest BCUT2D eigenvalue weighted by Gasteiger charge is 2.36. The van der Waals surface area contributed by atoms with E-state index in [9.17, 15) is 10.2 Å². The number of nitrogens with one attached hydrogen (secondary N) is 1. The Balaban J connectivity index is 1.85. The second-order valence-corrected chi connectivity index (χ2v) is 7.07. The molecule has 0 aromatic heterocycles. The quantitative estimate of drug-likeness (QED) is 0.792. The van der Waals surface area contributed by atoms with Gasteiger partial charge in [0.15, 0.2) is 0 Å². The molecule has 112 valence electrons. The first-order valence-electron chi connectivity index (χ1n) is 7.52. The van der Waals surface area contributed by atoms with E-state index >= 15 is 0 Å². The van der Waals surface area contributed by atoms with Gasteiger partial charge >= 0.3 is 0 Å². The molecule has 3 nitrogen and oxygen atoms in total. The fraction of sp³-hybridized carbons (Fsp3) is 0.647. The van der Waals surface area contributed by atoms with Crippen LogP contribution in [0.1, 0.15) is 50.7 Å². The van der Waals surface area contributed by atoms with Crippen molar-refractivity contribution < 1.29 is 10.2 Å². The van der Waals surface area contributed by atoms with Crippen molar-refractivity contribution in [2.45, 2.75) is 58.6 Å². The lowest BCUT2D eigenvalue weighted by molar-refractivity contribution is -0.0245. The predicted molar refractivity (Wildman–Crippen MR) is 81.7 cm³/mol. The van der Waals surface area contributed by atoms with Crippen molar-refractivity contribution in [1.29, 1.82) is 0 Å². The Hall–Kier alpha value is -1.06. The maximum atomic E-state index is 10.6. The molecule has 1 aliphatic rings. The number of aryl methyl sites for hydroxylation is 1. The SMILES string of the molecule is Cc1cccc(CNCC2(O)CCC(C)(C)CC2)c1O. The molecule has 0 aliphatic heterocycles. The Bertz CT molecular complexity index is 458. The van der Waals surface area contributed by atoms with Crippen LogP contribution in [0.5, 0.6) is 5.75 Å². The van der Waals surface area contributed by atoms with E-state index in [4.69, 9.17) is 0 Å². The van der Waals surface area contributed by atoms with Gasteiger partial charge in [-0.3, -0.25) is 0 Å². The van der Waals surface area contributed by atoms with Gasteiger partial charge in [-0.2, -0.15) is 0 Å². The van der Waals surface area contributed by atoms with E-state index in [2.05, 4.69) is 19.2 Å². The zero-order chi connectivity index (χ0) is 14.8. The van der Waals surface area contributed by atoms with Crippen LogP contribution in [0.15, 0.2) is 18.2 Å². The maximum absolute atomic E-state index is 10.6. The number of aliphatic hydroxyl groups is 1. The van der Waals surface area contributed by atoms with Gasteiger partial charge in [-0.05, 0) is 43.6 Å². The average Bonchev–Trinajstić information content (AvgIpc) is 2.39. The molecule has 0 spiro atoms. The van der Waals surface area contributed by atoms with Gasteiger partial charge < -0.3 is 15.5 Å². The summed E-state index contributed by atoms with van der Waals surface area (Å²) in [5, 5.41) is 23.8. The molecular formula is C17H27NO2. The highest BCUT2D eigenvalue weighted by molar-refractivity contribution is 5.39. The van der Waals surface area contributed by atoms with Crippen LogP contribution >= 0.6 is 0 Å². The molecule has 0 radical (unpaired) electrons. The summed E-state index contributed by atoms with van der Waals surface area (Å²) < 4.78 is 0. The number of phenols is 1. The largest absolute Gasteiger partial charge is 0.507 e. The maximum Gasteiger partial charge on any atom is 0.122 e. The first-order chi connectivity index (χ1) is 9.31. The molecule has 2 rings (SSSR count). The van der Waals surface area contributed by atoms with E-state index < -0.39 is 5.60 Å². The molecule has 0 bridgehead atoms. The van der Waals surface area contributed by atoms with Gasteiger partial charge in [-0.1, -0.05) is 32.0 Å². The minimum atomic E-state index is -0.588. The molecule has 20 heavy (non-hydrogen) atoms. The van der Waals surface area contributed by atoms with Crippen molar-refractivity contribution >= 4 is 0 Å². The molecular weight excluding hydrogens is 250 g/mol. The average molecular weight is 277 g/mol. The molecule has 3 heteroatoms. The molecule has 1 aromatic carbocycles. The van der Waals surface area contributed by atoms with Crippen LogP contribution in [-0.2, 0) is 6.54 Å². The normalized spacial score (nSPS) is 20.8. The first-order valence-corrected chi connectivity index (χ1v) is 7.52. The van der Waals surface area contributed by atoms with Crippen molar-refractivity contribution in [3.8, 4) is 5.75 Å². The Morgan fingerprint density at radius 1 is 1.15 bits per heavy atom. The number of para-hydroxylation sites is 1. The van der Waals surface area contributed by atoms with E-state index in [-0.39, 0.29) is 0 Å². The molecule has 1 aliphatic carbocycles. The Kier molecular flexibility index (Phi) is 4.40. The number of aromatic hydroxyl groups is 1. The minimum Gasteiger partial charge on any atom is -0.507 e. The fourth-order valence-corrected chi connectivity index (χ4v) is 2.86. The summed E-state index contributed by atoms with van der Waals surface area (Å²) in [4.78, 5) is 0. The molecule has 1 saturated carbocycles. The third-order valence-corrected chi connectivity index (χ3v) is 4.63. The Morgan fingerprint density at radius 2 is 1.80 bits per heavy atom. The summed E-state index contributed by atoms with van der Waals surface area (Å²) >= 11 is 0. The van der Waals surface area contributed by atoms with Gasteiger partial charge in [0, 0.05) is 18.7 Å². The lowest BCUT2D eigenvalue weighted by atomic mass is 9.71. The topological polar surface area (TPSA) is 52.5 Å². The third kappa shape index (κ3) is 3.74. The molecule has 1 aromatic rings. The van der Waals surface area contributed by atoms with Crippen LogP contribution in [-0.4, -0.2) is 22.4 Å². The van der Waals surface area contributed by atoms with Crippen molar-refractivity contribution in [3.63, 3.8) is 0 Å². The molecule has 3 N–H and O–H groups in total. The number of phenolic OH excluding ortho intramolecular Hbond substituents is 1. The van der Waals surface area contributed by atoms with Crippen LogP contribution < -0.4 is 5.32 Å². The monoisotopic (exact) mass is 277 g/mol. The number of hydrogen-bond acceptors (Lipinski definition) is 3. The van der Waals surface area contributed by atoms with Crippen molar-refractivity contribution in [2.75, 3.05) is 6.54 Å². The predicted octanol–water partition coefficient (Wildman–Crippen LogP) is 3.12. The van der Waals surface area contributed by atoms with Gasteiger partial charge in [-0.15, -0.1) is 0 Å². The van der Waals surface area contributed by atoms with Crippen LogP contribution in [0, 0.1) is 12.3 Å². The molecule has 0 amide bonds. The van der Waals surface area contributed by atoms with Crippen LogP contribution in [0.3, 0.4) is 0 Å². The van der Waals surface area contributed by atoms with Crippen molar-refractivity contribution in [1.82, 2.24) is 5.32 Å². The number of benzene rings is 1. The Labute approximate surface area is 122 Å². The van der Waals surface area contributed by atoms with E-state index in [1.807, 2.05) is 25.1 Å². The second kappa shape index (κ2) is 5.74. The highest BCUT2D eigenvalue weighted by atomic mass is 16.3. The number of rotatable bonds is 4. The molecule has 1 fully saturated rings. The third-order valence-electron chi connectivity index (χ3n) is 4.63. The molecule has 0 atom stereocenters. The molecule has 0 heterocycles. The smallest absolute Gasteiger partial charge is 0.122 e. The summed E-state index contributed by atoms with van der Waals surface area (Å²) in [5.74, 6) is 0.358. The van der Waals surface area contributed by atoms with E-state index in [1.54, 1.807) is 0 Å². The summed E-state index contributed by atoms with van der Waals surface area (Å²) in [7, 11) is 0. The standard InChI is InChI=1S/C17H27NO2/c1-13-5-4-6-14(15(13)19)11-18-12-17(20)9-7-16(2,3)8-10-17/h4-6,18-20H,7-12H2,1-3H3. The molecule has 0 saturated heterocycles. The zero-order valence-electron chi connectivity index (χ0n) is 12.9. The summed E-state index contributed by atoms with van der Waals surface area (Å²) in [6.07, 6.45) is 3.85. The lowest BCUT2D eigenvalue weighted by Gasteiger charge is -2.40. The second-order valence-electron chi connectivity index (χ2n) is 7.07. The van der Waals surface area contributed by atoms with Gasteiger partial charge in [0.1, 0.15) is 5.75 Å². The van der Waals surface area contributed by atoms with Crippen LogP contribution in [0.2, 0.25) is 0 Å². The van der Waals surface area contributed by atoms with Gasteiger partial charge in [-0.25, -0.2) is 0 Å². The first kappa shape index (κ1) is 15.3. The lowest BCUT2D eigenvalue weighted by Crippen LogP contribution is -2.44. The van der Waals surface area contributed by atoms with Gasteiger partial charge in [0.25, 0.3) is 0 Å². The summed E-state index contributed by atoms with van der Waals surface area (Å²) in [6, 6.07) is 5.77. The number of hydrogen-bond donors (Lipinski definition) is 3. The van der Waals surface area contributed by atoms with E-state index in [1.165, 1.54) is 0 Å². The summed E-state index contributed by atoms with van der Waals surface area (Å²) in [6.45, 7) is 7.63. The van der Waals surface area contributed by atoms with Crippen LogP contribution in [0.4, 0.5) is 0 Å². The fourth-order valence-electron chi connectivity index (χ4n) is 2.86. The minimum absolute atomic E-state index is 0.358. The van der Waals surface area contributed by atoms with Gasteiger partial charge in [0.2, 0.25) is 0 Å². The van der Waals surface area contributed by atoms with Gasteiger partial charge in [0.05, 0.1) is 5.60 Å². The zero-order valence-corrected chi connectivity index (χ0v) is 12.9. The van der Waals surface area contributed by atoms with Crippen molar-refractivity contribution in [3.05, 3.63) is 29.3 Å². The van der Waals surface area contributed by atoms with E-state index in [0.29, 0.717) is 24.3 Å². The van der Waals surface area contributed by atoms with E-state index in [0.717, 1.165) is 36.8 Å². The highest BCUT2D eigenvalue weighted by Crippen LogP contribution is 2.39. The summed E-state index contributed by atoms with van der Waals surface area (Å²) in [5.41, 5.74) is 1.56. The molecule has 0 unspecified atom stereocenters. The van der Waals surface area contributed by atoms with Crippen molar-refractivity contribution in [2.24, 2.45) is 5.41 Å². The Morgan fingerprint density at radius 3 is 2.45 bits per heavy atom.